The highest BCUT2D eigenvalue weighted by molar-refractivity contribution is 6.74. The van der Waals surface area contributed by atoms with E-state index in [-0.39, 0.29) is 54.0 Å². The monoisotopic (exact) mass is 1850 g/mol. The summed E-state index contributed by atoms with van der Waals surface area (Å²) in [5, 5.41) is 0. The smallest absolute Gasteiger partial charge is 0.515 e. The van der Waals surface area contributed by atoms with E-state index in [4.69, 9.17) is 0 Å². The largest absolute Gasteiger partial charge is 0.520 e. The average Bonchev–Trinajstić information content (AvgIpc) is 0.770. The lowest BCUT2D eigenvalue weighted by Gasteiger charge is -2.19. The van der Waals surface area contributed by atoms with E-state index in [2.05, 4.69) is 0 Å². The summed E-state index contributed by atoms with van der Waals surface area (Å²) in [5.41, 5.74) is -23.0. The van der Waals surface area contributed by atoms with Crippen molar-refractivity contribution >= 4 is 103 Å². The fraction of sp³-hybridized carbons (Fsp3) is 0.143. The predicted molar refractivity (Wildman–Crippen MR) is 324 cm³/mol. The minimum atomic E-state index is -6.30. The van der Waals surface area contributed by atoms with E-state index >= 15 is 0 Å². The molecule has 8 aromatic rings. The second-order valence-corrected chi connectivity index (χ2v) is 21.5. The molecule has 0 saturated carbocycles. The van der Waals surface area contributed by atoms with Crippen molar-refractivity contribution in [3.05, 3.63) is 234 Å². The van der Waals surface area contributed by atoms with Crippen LogP contribution in [0.3, 0.4) is 0 Å². The molecule has 0 aliphatic heterocycles. The molecule has 0 heterocycles. The van der Waals surface area contributed by atoms with E-state index in [0.717, 1.165) is 12.1 Å². The van der Waals surface area contributed by atoms with Crippen LogP contribution in [0.1, 0.15) is 44.5 Å². The van der Waals surface area contributed by atoms with Crippen LogP contribution in [-0.4, -0.2) is 59.3 Å². The average molecular weight is 1850 g/mol. The van der Waals surface area contributed by atoms with Gasteiger partial charge in [-0.25, -0.2) is 93.3 Å². The van der Waals surface area contributed by atoms with Gasteiger partial charge < -0.3 is 51.8 Å². The maximum Gasteiger partial charge on any atom is 0.515 e. The summed E-state index contributed by atoms with van der Waals surface area (Å²) in [4.78, 5) is 0. The number of rotatable bonds is 6. The Hall–Kier alpha value is -9.64. The number of hydrogen-bond donors (Lipinski definition) is 0. The molecule has 64 heteroatoms. The van der Waals surface area contributed by atoms with E-state index in [0.29, 0.717) is 12.1 Å². The summed E-state index contributed by atoms with van der Waals surface area (Å²) in [5.74, 6) is -45.4. The number of alkyl halides is 24. The topological polar surface area (TPSA) is 0 Å². The molecule has 0 N–H and O–H groups in total. The third kappa shape index (κ3) is 29.3. The van der Waals surface area contributed by atoms with Gasteiger partial charge in [-0.15, -0.1) is 21.9 Å². The number of benzene rings is 8. The standard InChI is InChI=1S/C8H3BF9.C8H4BF8.C8H5BF7.C8H6BF6.C6BF8.C6HBF7.C6H2BF6.C6H3BF5/c10-7(11,12)4-1-5(8(13,14)15)3-6(2-4)9(16,17)18;10-7(11,12)4-1-5(8(13,14)15)3-6(2-4)9(16)17;10-7(11,12)4-1-5(8(13,14)15)3-6(2-4)9-16;9-6-2-4(7(10,11)12)1-5(3-6)8(13,14)15;8-2-1(7(13,14)15)3(9)5(11)6(12)4(2)10;8-2-1(7(13)14)3(9)5(11)6(12)4(2)10;8-2-1(7-13)3(9)5(11)6(12)4(2)10;7-1-2(8)4(10)6(12)5(11)3(1)9/h1-3H;1-3,9H;1-3H,9H2;1-3H,9H3;;7H;7H2;7H3/q8*-1. The first-order chi connectivity index (χ1) is 53.6. The third-order valence-corrected chi connectivity index (χ3v) is 13.1. The van der Waals surface area contributed by atoms with Gasteiger partial charge in [-0.1, -0.05) is 54.0 Å². The van der Waals surface area contributed by atoms with E-state index in [1.807, 2.05) is 0 Å². The van der Waals surface area contributed by atoms with Gasteiger partial charge in [0.25, 0.3) is 0 Å². The Labute approximate surface area is 630 Å². The summed E-state index contributed by atoms with van der Waals surface area (Å²) in [6.07, 6.45) is -40.0. The van der Waals surface area contributed by atoms with Crippen molar-refractivity contribution < 1.29 is 245 Å². The van der Waals surface area contributed by atoms with E-state index in [1.54, 1.807) is 0 Å². The van der Waals surface area contributed by atoms with Crippen LogP contribution in [0, 0.1) is 116 Å². The van der Waals surface area contributed by atoms with Gasteiger partial charge in [0, 0.05) is 0 Å². The minimum Gasteiger partial charge on any atom is -0.520 e. The molecule has 0 bridgehead atoms. The Balaban J connectivity index is 0.000000687. The molecule has 672 valence electrons. The van der Waals surface area contributed by atoms with Crippen molar-refractivity contribution in [1.82, 2.24) is 0 Å². The second-order valence-electron chi connectivity index (χ2n) is 21.5. The number of hydrogen-bond acceptors (Lipinski definition) is 0. The van der Waals surface area contributed by atoms with E-state index < -0.39 is 308 Å². The van der Waals surface area contributed by atoms with E-state index in [9.17, 15) is 245 Å². The predicted octanol–water partition coefficient (Wildman–Crippen LogP) is 16.6. The minimum absolute atomic E-state index is 0.0225. The van der Waals surface area contributed by atoms with Crippen LogP contribution >= 0.6 is 0 Å². The molecule has 0 atom stereocenters. The van der Waals surface area contributed by atoms with Gasteiger partial charge in [-0.2, -0.15) is 111 Å². The van der Waals surface area contributed by atoms with Gasteiger partial charge in [0.2, 0.25) is 0 Å². The quantitative estimate of drug-likeness (QED) is 0.0674. The Morgan fingerprint density at radius 2 is 0.458 bits per heavy atom. The molecule has 8 rings (SSSR count). The lowest BCUT2D eigenvalue weighted by molar-refractivity contribution is -0.144. The molecule has 0 aliphatic carbocycles. The molecular formula is C56H24B8F56-8. The van der Waals surface area contributed by atoms with Crippen molar-refractivity contribution in [1.29, 1.82) is 0 Å². The maximum atomic E-state index is 12.5. The molecule has 0 amide bonds. The van der Waals surface area contributed by atoms with Gasteiger partial charge in [-0.3, -0.25) is 0 Å². The first-order valence-corrected chi connectivity index (χ1v) is 28.7. The number of halogens is 56. The molecule has 0 unspecified atom stereocenters. The summed E-state index contributed by atoms with van der Waals surface area (Å²) >= 11 is 0. The fourth-order valence-electron chi connectivity index (χ4n) is 7.53. The zero-order valence-electron chi connectivity index (χ0n) is 54.7. The Bertz CT molecular complexity index is 4500. The summed E-state index contributed by atoms with van der Waals surface area (Å²) in [7, 11) is -15.8. The molecule has 8 aromatic carbocycles. The van der Waals surface area contributed by atoms with Crippen LogP contribution in [0.5, 0.6) is 0 Å². The molecule has 0 nitrogen and oxygen atoms in total. The highest BCUT2D eigenvalue weighted by atomic mass is 19.4. The van der Waals surface area contributed by atoms with Crippen LogP contribution in [0.2, 0.25) is 0 Å². The molecular weight excluding hydrogens is 1820 g/mol. The molecule has 0 saturated heterocycles. The lowest BCUT2D eigenvalue weighted by atomic mass is 9.78. The van der Waals surface area contributed by atoms with Gasteiger partial charge in [0.1, 0.15) is 46.5 Å². The lowest BCUT2D eigenvalue weighted by Crippen LogP contribution is -2.41. The van der Waals surface area contributed by atoms with Gasteiger partial charge >= 0.3 is 77.9 Å². The van der Waals surface area contributed by atoms with Crippen molar-refractivity contribution in [2.24, 2.45) is 0 Å². The molecule has 120 heavy (non-hydrogen) atoms. The highest BCUT2D eigenvalue weighted by Crippen LogP contribution is 2.40. The maximum absolute atomic E-state index is 12.5. The van der Waals surface area contributed by atoms with E-state index in [1.165, 1.54) is 0 Å². The van der Waals surface area contributed by atoms with Crippen LogP contribution in [0.4, 0.5) is 245 Å². The molecule has 0 aliphatic rings. The van der Waals surface area contributed by atoms with Gasteiger partial charge in [0.05, 0.1) is 44.5 Å². The van der Waals surface area contributed by atoms with Crippen molar-refractivity contribution in [2.75, 3.05) is 0 Å². The molecule has 0 fully saturated rings. The second kappa shape index (κ2) is 40.4. The van der Waals surface area contributed by atoms with Gasteiger partial charge in [-0.05, 0) is 45.4 Å². The van der Waals surface area contributed by atoms with Crippen LogP contribution in [-0.2, 0) is 49.4 Å². The van der Waals surface area contributed by atoms with Crippen molar-refractivity contribution in [2.45, 2.75) is 49.4 Å². The SMILES string of the molecule is F[B-](F)(F)c1cc(C(F)(F)F)cc(C(F)(F)F)c1.F[BH-](F)c1c(F)c(F)c(F)c(F)c1F.F[BH-](F)c1cc(C(F)(F)F)cc(C(F)(F)F)c1.F[BH2-]c1c(F)c(F)c(F)c(F)c1F.F[BH2-]c1cc(C(F)(F)F)cc(C(F)(F)F)c1.Fc1c(F)c(F)c([B-](F)(F)F)c(F)c1F.[BH3-]c1c(F)c(F)c(F)c(F)c1F.[BH3-]c1cc(C(F)(F)F)cc(C(F)(F)F)c1. The van der Waals surface area contributed by atoms with Crippen LogP contribution < -0.4 is 43.7 Å². The Kier molecular flexibility index (Phi) is 36.5. The Morgan fingerprint density at radius 3 is 0.675 bits per heavy atom. The third-order valence-electron chi connectivity index (χ3n) is 13.1. The van der Waals surface area contributed by atoms with Gasteiger partial charge in [0.15, 0.2) is 84.9 Å². The zero-order valence-corrected chi connectivity index (χ0v) is 54.7. The zero-order chi connectivity index (χ0) is 94.8. The molecule has 0 spiro atoms. The highest BCUT2D eigenvalue weighted by Gasteiger charge is 2.43. The Morgan fingerprint density at radius 1 is 0.242 bits per heavy atom. The van der Waals surface area contributed by atoms with Crippen LogP contribution in [0.15, 0.2) is 72.8 Å². The molecule has 0 aromatic heterocycles. The van der Waals surface area contributed by atoms with Crippen molar-refractivity contribution in [3.63, 3.8) is 0 Å². The molecule has 0 radical (unpaired) electrons. The first-order valence-electron chi connectivity index (χ1n) is 28.7. The first kappa shape index (κ1) is 108. The normalized spacial score (nSPS) is 12.3. The van der Waals surface area contributed by atoms with Crippen molar-refractivity contribution in [3.8, 4) is 0 Å². The fourth-order valence-corrected chi connectivity index (χ4v) is 7.53. The summed E-state index contributed by atoms with van der Waals surface area (Å²) < 4.78 is 685. The summed E-state index contributed by atoms with van der Waals surface area (Å²) in [6.45, 7) is -12.3. The van der Waals surface area contributed by atoms with Crippen LogP contribution in [0.25, 0.3) is 0 Å². The summed E-state index contributed by atoms with van der Waals surface area (Å²) in [6, 6.07) is 1.37.